The standard InChI is InChI=1S/C30H39F8N3O4/c1-8-17-18(12-29(33,34)35)14(4)13(3)15(5)28(6,23(17)26(43)39-7)24(27(44)45)41-25(42)22-19(31)10-16(11-20(22)32)40-21(9-2)30(36,37)38/h8,10-11,13-15,17-18,21,23-24,40H,1,9,12H2,2-7H3,(H,39,43)(H,41,42)(H,44,45)/t13-,14-,15+,17+,18+,21-,23?,24-,28?/m1/s1. The van der Waals surface area contributed by atoms with Crippen molar-refractivity contribution in [3.8, 4) is 0 Å². The van der Waals surface area contributed by atoms with Crippen molar-refractivity contribution in [3.63, 3.8) is 0 Å². The van der Waals surface area contributed by atoms with Gasteiger partial charge in [0, 0.05) is 24.6 Å². The number of aliphatic carboxylic acids is 1. The van der Waals surface area contributed by atoms with E-state index in [2.05, 4.69) is 17.2 Å². The maximum atomic E-state index is 15.1. The summed E-state index contributed by atoms with van der Waals surface area (Å²) in [6.45, 7) is 10.8. The second kappa shape index (κ2) is 13.9. The van der Waals surface area contributed by atoms with Crippen molar-refractivity contribution in [1.82, 2.24) is 10.6 Å². The molecule has 0 saturated heterocycles. The Morgan fingerprint density at radius 1 is 1.04 bits per heavy atom. The zero-order valence-corrected chi connectivity index (χ0v) is 25.7. The minimum absolute atomic E-state index is 0.449. The Kier molecular flexibility index (Phi) is 11.7. The summed E-state index contributed by atoms with van der Waals surface area (Å²) in [5.74, 6) is -13.6. The zero-order valence-electron chi connectivity index (χ0n) is 25.7. The Hall–Kier alpha value is -3.39. The van der Waals surface area contributed by atoms with Crippen LogP contribution in [-0.2, 0) is 9.59 Å². The lowest BCUT2D eigenvalue weighted by Crippen LogP contribution is -2.61. The van der Waals surface area contributed by atoms with Crippen molar-refractivity contribution in [2.75, 3.05) is 12.4 Å². The van der Waals surface area contributed by atoms with Gasteiger partial charge in [-0.25, -0.2) is 13.6 Å². The van der Waals surface area contributed by atoms with Gasteiger partial charge in [-0.3, -0.25) is 9.59 Å². The first-order chi connectivity index (χ1) is 20.6. The predicted molar refractivity (Wildman–Crippen MR) is 150 cm³/mol. The fourth-order valence-electron chi connectivity index (χ4n) is 6.84. The Bertz CT molecular complexity index is 1250. The van der Waals surface area contributed by atoms with Gasteiger partial charge in [0.25, 0.3) is 5.91 Å². The molecule has 0 heterocycles. The van der Waals surface area contributed by atoms with E-state index in [1.54, 1.807) is 13.8 Å². The number of halogens is 8. The molecule has 1 fully saturated rings. The molecule has 4 N–H and O–H groups in total. The Morgan fingerprint density at radius 3 is 1.98 bits per heavy atom. The van der Waals surface area contributed by atoms with E-state index in [9.17, 15) is 45.8 Å². The van der Waals surface area contributed by atoms with E-state index >= 15 is 8.78 Å². The summed E-state index contributed by atoms with van der Waals surface area (Å²) in [6.07, 6.45) is -10.0. The first-order valence-corrected chi connectivity index (χ1v) is 14.3. The van der Waals surface area contributed by atoms with Crippen LogP contribution in [0.25, 0.3) is 0 Å². The van der Waals surface area contributed by atoms with Gasteiger partial charge in [-0.15, -0.1) is 6.58 Å². The Morgan fingerprint density at radius 2 is 1.58 bits per heavy atom. The smallest absolute Gasteiger partial charge is 0.408 e. The van der Waals surface area contributed by atoms with Crippen LogP contribution in [0.3, 0.4) is 0 Å². The van der Waals surface area contributed by atoms with Crippen LogP contribution in [0.1, 0.15) is 57.8 Å². The highest BCUT2D eigenvalue weighted by Gasteiger charge is 2.60. The molecule has 2 amide bonds. The van der Waals surface area contributed by atoms with Crippen LogP contribution < -0.4 is 16.0 Å². The monoisotopic (exact) mass is 657 g/mol. The summed E-state index contributed by atoms with van der Waals surface area (Å²) in [7, 11) is 1.21. The first-order valence-electron chi connectivity index (χ1n) is 14.3. The molecule has 9 atom stereocenters. The van der Waals surface area contributed by atoms with Crippen LogP contribution in [0.15, 0.2) is 24.8 Å². The topological polar surface area (TPSA) is 108 Å². The van der Waals surface area contributed by atoms with Crippen LogP contribution in [0.5, 0.6) is 0 Å². The molecule has 15 heteroatoms. The van der Waals surface area contributed by atoms with Crippen molar-refractivity contribution in [3.05, 3.63) is 42.0 Å². The van der Waals surface area contributed by atoms with Gasteiger partial charge < -0.3 is 21.1 Å². The molecule has 1 aliphatic carbocycles. The number of allylic oxidation sites excluding steroid dienone is 1. The molecule has 1 saturated carbocycles. The van der Waals surface area contributed by atoms with E-state index < -0.39 is 119 Å². The second-order valence-electron chi connectivity index (χ2n) is 12.0. The van der Waals surface area contributed by atoms with Crippen molar-refractivity contribution < 1.29 is 54.6 Å². The molecule has 0 radical (unpaired) electrons. The lowest BCUT2D eigenvalue weighted by Gasteiger charge is -2.47. The van der Waals surface area contributed by atoms with Gasteiger partial charge >= 0.3 is 18.3 Å². The highest BCUT2D eigenvalue weighted by Crippen LogP contribution is 2.56. The van der Waals surface area contributed by atoms with Crippen LogP contribution in [0, 0.1) is 52.6 Å². The fraction of sp³-hybridized carbons (Fsp3) is 0.633. The molecule has 254 valence electrons. The lowest BCUT2D eigenvalue weighted by molar-refractivity contribution is -0.158. The number of benzene rings is 1. The maximum Gasteiger partial charge on any atom is 0.408 e. The number of carboxylic acid groups (broad SMARTS) is 1. The van der Waals surface area contributed by atoms with Gasteiger partial charge in [0.15, 0.2) is 0 Å². The Labute approximate surface area is 256 Å². The average Bonchev–Trinajstić information content (AvgIpc) is 2.97. The number of rotatable bonds is 10. The number of nitrogens with one attached hydrogen (secondary N) is 3. The van der Waals surface area contributed by atoms with E-state index in [4.69, 9.17) is 0 Å². The van der Waals surface area contributed by atoms with Gasteiger partial charge in [0.05, 0.1) is 5.92 Å². The van der Waals surface area contributed by atoms with Crippen LogP contribution in [0.2, 0.25) is 0 Å². The fourth-order valence-corrected chi connectivity index (χ4v) is 6.84. The maximum absolute atomic E-state index is 15.1. The summed E-state index contributed by atoms with van der Waals surface area (Å²) in [5, 5.41) is 16.8. The first kappa shape index (κ1) is 37.8. The number of hydrogen-bond donors (Lipinski definition) is 4. The molecule has 2 rings (SSSR count). The molecule has 0 aliphatic heterocycles. The molecule has 7 nitrogen and oxygen atoms in total. The van der Waals surface area contributed by atoms with Gasteiger partial charge in [-0.1, -0.05) is 40.7 Å². The number of carbonyl (C=O) groups excluding carboxylic acids is 2. The highest BCUT2D eigenvalue weighted by atomic mass is 19.4. The second-order valence-corrected chi connectivity index (χ2v) is 12.0. The van der Waals surface area contributed by atoms with Crippen LogP contribution in [-0.4, -0.2) is 54.4 Å². The molecular formula is C30H39F8N3O4. The third kappa shape index (κ3) is 7.89. The van der Waals surface area contributed by atoms with Gasteiger partial charge in [-0.2, -0.15) is 26.3 Å². The summed E-state index contributed by atoms with van der Waals surface area (Å²) in [5.41, 5.74) is -3.79. The van der Waals surface area contributed by atoms with Gasteiger partial charge in [0.1, 0.15) is 29.3 Å². The normalized spacial score (nSPS) is 28.8. The quantitative estimate of drug-likeness (QED) is 0.130. The largest absolute Gasteiger partial charge is 0.480 e. The summed E-state index contributed by atoms with van der Waals surface area (Å²) >= 11 is 0. The predicted octanol–water partition coefficient (Wildman–Crippen LogP) is 6.56. The summed E-state index contributed by atoms with van der Waals surface area (Å²) in [6, 6.07) is -3.33. The van der Waals surface area contributed by atoms with Crippen LogP contribution >= 0.6 is 0 Å². The number of alkyl halides is 6. The molecule has 45 heavy (non-hydrogen) atoms. The van der Waals surface area contributed by atoms with E-state index in [1.807, 2.05) is 5.32 Å². The summed E-state index contributed by atoms with van der Waals surface area (Å²) < 4.78 is 111. The molecular weight excluding hydrogens is 618 g/mol. The van der Waals surface area contributed by atoms with Crippen molar-refractivity contribution in [2.24, 2.45) is 40.9 Å². The SMILES string of the molecule is C=C[C@@H]1C(C(=O)NC)C(C)([C@H](NC(=O)c2c(F)cc(N[C@H](CC)C(F)(F)F)cc2F)C(=O)O)[C@@H](C)[C@H](C)[C@@H](C)[C@@H]1CC(F)(F)F. The average molecular weight is 658 g/mol. The van der Waals surface area contributed by atoms with Crippen molar-refractivity contribution in [1.29, 1.82) is 0 Å². The van der Waals surface area contributed by atoms with E-state index in [0.29, 0.717) is 12.1 Å². The Balaban J connectivity index is 2.68. The number of amides is 2. The molecule has 2 unspecified atom stereocenters. The van der Waals surface area contributed by atoms with Crippen molar-refractivity contribution in [2.45, 2.75) is 71.9 Å². The molecule has 1 aromatic carbocycles. The lowest BCUT2D eigenvalue weighted by atomic mass is 9.58. The third-order valence-corrected chi connectivity index (χ3v) is 9.65. The minimum atomic E-state index is -4.75. The molecule has 1 aliphatic rings. The number of hydrogen-bond acceptors (Lipinski definition) is 4. The van der Waals surface area contributed by atoms with Crippen LogP contribution in [0.4, 0.5) is 40.8 Å². The number of carboxylic acids is 1. The molecule has 0 bridgehead atoms. The van der Waals surface area contributed by atoms with Gasteiger partial charge in [-0.05, 0) is 48.1 Å². The minimum Gasteiger partial charge on any atom is -0.480 e. The van der Waals surface area contributed by atoms with E-state index in [-0.39, 0.29) is 0 Å². The zero-order chi connectivity index (χ0) is 34.8. The van der Waals surface area contributed by atoms with Gasteiger partial charge in [0.2, 0.25) is 5.91 Å². The van der Waals surface area contributed by atoms with Crippen molar-refractivity contribution >= 4 is 23.5 Å². The molecule has 0 aromatic heterocycles. The molecule has 1 aromatic rings. The number of carbonyl (C=O) groups is 3. The molecule has 0 spiro atoms. The number of anilines is 1. The summed E-state index contributed by atoms with van der Waals surface area (Å²) in [4.78, 5) is 39.5. The van der Waals surface area contributed by atoms with E-state index in [1.165, 1.54) is 27.8 Å². The third-order valence-electron chi connectivity index (χ3n) is 9.65. The van der Waals surface area contributed by atoms with E-state index in [0.717, 1.165) is 6.08 Å². The highest BCUT2D eigenvalue weighted by molar-refractivity contribution is 5.98.